The van der Waals surface area contributed by atoms with E-state index in [4.69, 9.17) is 14.2 Å². The Morgan fingerprint density at radius 3 is 2.37 bits per heavy atom. The number of ether oxygens (including phenoxy) is 4. The Labute approximate surface area is 174 Å². The molecule has 0 radical (unpaired) electrons. The molecule has 0 saturated carbocycles. The molecule has 6 nitrogen and oxygen atoms in total. The van der Waals surface area contributed by atoms with Crippen LogP contribution in [0.15, 0.2) is 42.5 Å². The van der Waals surface area contributed by atoms with Gasteiger partial charge in [-0.3, -0.25) is 4.79 Å². The number of alkyl halides is 2. The van der Waals surface area contributed by atoms with Gasteiger partial charge in [-0.25, -0.2) is 0 Å². The maximum Gasteiger partial charge on any atom is 0.387 e. The van der Waals surface area contributed by atoms with Crippen molar-refractivity contribution in [1.29, 1.82) is 0 Å². The van der Waals surface area contributed by atoms with Gasteiger partial charge in [0.05, 0.1) is 20.8 Å². The van der Waals surface area contributed by atoms with Crippen molar-refractivity contribution in [3.05, 3.63) is 53.6 Å². The monoisotopic (exact) mass is 421 g/mol. The lowest BCUT2D eigenvalue weighted by atomic mass is 10.1. The Morgan fingerprint density at radius 2 is 1.73 bits per heavy atom. The average molecular weight is 421 g/mol. The number of nitrogens with zero attached hydrogens (tertiary/aromatic N) is 1. The number of carbonyl (C=O) groups excluding carboxylic acids is 1. The number of hydrogen-bond acceptors (Lipinski definition) is 5. The van der Waals surface area contributed by atoms with Gasteiger partial charge >= 0.3 is 6.61 Å². The maximum atomic E-state index is 12.4. The van der Waals surface area contributed by atoms with Gasteiger partial charge in [0.25, 0.3) is 0 Å². The molecule has 0 atom stereocenters. The van der Waals surface area contributed by atoms with E-state index in [1.165, 1.54) is 24.2 Å². The van der Waals surface area contributed by atoms with E-state index in [0.29, 0.717) is 23.7 Å². The predicted molar refractivity (Wildman–Crippen MR) is 109 cm³/mol. The Bertz CT molecular complexity index is 886. The first-order valence-corrected chi connectivity index (χ1v) is 9.23. The number of rotatable bonds is 10. The van der Waals surface area contributed by atoms with Gasteiger partial charge in [-0.05, 0) is 48.4 Å². The number of amides is 1. The number of methoxy groups -OCH3 is 2. The summed E-state index contributed by atoms with van der Waals surface area (Å²) in [5.41, 5.74) is 1.50. The van der Waals surface area contributed by atoms with Crippen LogP contribution in [0.5, 0.6) is 23.0 Å². The smallest absolute Gasteiger partial charge is 0.387 e. The zero-order valence-corrected chi connectivity index (χ0v) is 17.4. The predicted octanol–water partition coefficient (Wildman–Crippen LogP) is 4.38. The zero-order chi connectivity index (χ0) is 22.1. The Balaban J connectivity index is 2.06. The summed E-state index contributed by atoms with van der Waals surface area (Å²) in [5, 5.41) is 0. The minimum atomic E-state index is -2.94. The summed E-state index contributed by atoms with van der Waals surface area (Å²) in [6, 6.07) is 9.93. The van der Waals surface area contributed by atoms with Crippen molar-refractivity contribution < 1.29 is 32.5 Å². The molecule has 2 aromatic carbocycles. The summed E-state index contributed by atoms with van der Waals surface area (Å²) < 4.78 is 45.1. The third-order valence-electron chi connectivity index (χ3n) is 4.15. The molecule has 8 heteroatoms. The highest BCUT2D eigenvalue weighted by Gasteiger charge is 2.13. The molecular formula is C22H25F2NO5. The first kappa shape index (κ1) is 23.0. The second kappa shape index (κ2) is 11.0. The topological polar surface area (TPSA) is 57.2 Å². The number of halogens is 2. The minimum Gasteiger partial charge on any atom is -0.493 e. The highest BCUT2D eigenvalue weighted by molar-refractivity contribution is 5.91. The van der Waals surface area contributed by atoms with Crippen LogP contribution in [0, 0.1) is 0 Å². The van der Waals surface area contributed by atoms with Crippen LogP contribution in [0.3, 0.4) is 0 Å². The molecule has 0 bridgehead atoms. The molecule has 0 saturated heterocycles. The standard InChI is InChI=1S/C22H25F2NO5/c1-5-29-20-12-15(6-9-17(20)27-3)8-11-21(26)25(2)14-16-7-10-18(30-22(23)24)19(13-16)28-4/h6-13,22H,5,14H2,1-4H3/b11-8+. The quantitative estimate of drug-likeness (QED) is 0.533. The SMILES string of the molecule is CCOc1cc(/C=C/C(=O)N(C)Cc2ccc(OC(F)F)c(OC)c2)ccc1OC. The molecule has 2 rings (SSSR count). The van der Waals surface area contributed by atoms with Gasteiger partial charge in [-0.15, -0.1) is 0 Å². The van der Waals surface area contributed by atoms with Crippen LogP contribution in [0.2, 0.25) is 0 Å². The summed E-state index contributed by atoms with van der Waals surface area (Å²) in [5.74, 6) is 1.10. The summed E-state index contributed by atoms with van der Waals surface area (Å²) in [7, 11) is 4.57. The van der Waals surface area contributed by atoms with Gasteiger partial charge in [-0.2, -0.15) is 8.78 Å². The van der Waals surface area contributed by atoms with Crippen molar-refractivity contribution in [1.82, 2.24) is 4.90 Å². The van der Waals surface area contributed by atoms with Gasteiger partial charge < -0.3 is 23.8 Å². The number of likely N-dealkylation sites (N-methyl/N-ethyl adjacent to an activating group) is 1. The largest absolute Gasteiger partial charge is 0.493 e. The fourth-order valence-electron chi connectivity index (χ4n) is 2.72. The van der Waals surface area contributed by atoms with Gasteiger partial charge in [-0.1, -0.05) is 12.1 Å². The number of benzene rings is 2. The van der Waals surface area contributed by atoms with Crippen LogP contribution in [0.4, 0.5) is 8.78 Å². The van der Waals surface area contributed by atoms with Gasteiger partial charge in [0.15, 0.2) is 23.0 Å². The lowest BCUT2D eigenvalue weighted by Crippen LogP contribution is -2.24. The van der Waals surface area contributed by atoms with E-state index in [2.05, 4.69) is 4.74 Å². The van der Waals surface area contributed by atoms with Gasteiger partial charge in [0.1, 0.15) is 0 Å². The van der Waals surface area contributed by atoms with Crippen molar-refractivity contribution in [3.8, 4) is 23.0 Å². The van der Waals surface area contributed by atoms with Crippen LogP contribution in [0.25, 0.3) is 6.08 Å². The summed E-state index contributed by atoms with van der Waals surface area (Å²) in [4.78, 5) is 13.9. The Hall–Kier alpha value is -3.29. The fraction of sp³-hybridized carbons (Fsp3) is 0.318. The lowest BCUT2D eigenvalue weighted by Gasteiger charge is -2.17. The number of carbonyl (C=O) groups is 1. The Kier molecular flexibility index (Phi) is 8.46. The molecule has 0 aliphatic carbocycles. The first-order chi connectivity index (χ1) is 14.4. The third-order valence-corrected chi connectivity index (χ3v) is 4.15. The molecule has 0 spiro atoms. The van der Waals surface area contributed by atoms with E-state index in [-0.39, 0.29) is 24.0 Å². The highest BCUT2D eigenvalue weighted by atomic mass is 19.3. The normalized spacial score (nSPS) is 10.9. The van der Waals surface area contributed by atoms with Gasteiger partial charge in [0, 0.05) is 19.7 Å². The number of hydrogen-bond donors (Lipinski definition) is 0. The second-order valence-corrected chi connectivity index (χ2v) is 6.23. The Morgan fingerprint density at radius 1 is 1.03 bits per heavy atom. The summed E-state index contributed by atoms with van der Waals surface area (Å²) in [6.07, 6.45) is 3.13. The minimum absolute atomic E-state index is 0.0604. The van der Waals surface area contributed by atoms with Crippen molar-refractivity contribution in [2.75, 3.05) is 27.9 Å². The molecule has 0 aliphatic heterocycles. The molecule has 0 heterocycles. The van der Waals surface area contributed by atoms with Crippen molar-refractivity contribution in [3.63, 3.8) is 0 Å². The molecule has 162 valence electrons. The maximum absolute atomic E-state index is 12.4. The van der Waals surface area contributed by atoms with E-state index >= 15 is 0 Å². The van der Waals surface area contributed by atoms with Crippen LogP contribution >= 0.6 is 0 Å². The van der Waals surface area contributed by atoms with E-state index in [0.717, 1.165) is 5.56 Å². The average Bonchev–Trinajstić information content (AvgIpc) is 2.73. The van der Waals surface area contributed by atoms with Crippen LogP contribution in [-0.4, -0.2) is 45.3 Å². The molecule has 0 unspecified atom stereocenters. The van der Waals surface area contributed by atoms with Crippen molar-refractivity contribution >= 4 is 12.0 Å². The molecular weight excluding hydrogens is 396 g/mol. The zero-order valence-electron chi connectivity index (χ0n) is 17.4. The first-order valence-electron chi connectivity index (χ1n) is 9.23. The third kappa shape index (κ3) is 6.37. The van der Waals surface area contributed by atoms with E-state index in [1.807, 2.05) is 13.0 Å². The van der Waals surface area contributed by atoms with E-state index in [1.54, 1.807) is 44.5 Å². The molecule has 0 N–H and O–H groups in total. The second-order valence-electron chi connectivity index (χ2n) is 6.23. The highest BCUT2D eigenvalue weighted by Crippen LogP contribution is 2.30. The van der Waals surface area contributed by atoms with Crippen LogP contribution < -0.4 is 18.9 Å². The molecule has 1 amide bonds. The lowest BCUT2D eigenvalue weighted by molar-refractivity contribution is -0.125. The molecule has 0 aliphatic rings. The molecule has 0 aromatic heterocycles. The van der Waals surface area contributed by atoms with E-state index in [9.17, 15) is 13.6 Å². The summed E-state index contributed by atoms with van der Waals surface area (Å²) in [6.45, 7) is -0.307. The van der Waals surface area contributed by atoms with Crippen LogP contribution in [0.1, 0.15) is 18.1 Å². The van der Waals surface area contributed by atoms with E-state index < -0.39 is 6.61 Å². The van der Waals surface area contributed by atoms with Crippen molar-refractivity contribution in [2.45, 2.75) is 20.1 Å². The molecule has 0 fully saturated rings. The molecule has 2 aromatic rings. The van der Waals surface area contributed by atoms with Gasteiger partial charge in [0.2, 0.25) is 5.91 Å². The fourth-order valence-corrected chi connectivity index (χ4v) is 2.72. The molecule has 30 heavy (non-hydrogen) atoms. The summed E-state index contributed by atoms with van der Waals surface area (Å²) >= 11 is 0. The van der Waals surface area contributed by atoms with Crippen LogP contribution in [-0.2, 0) is 11.3 Å². The van der Waals surface area contributed by atoms with Crippen molar-refractivity contribution in [2.24, 2.45) is 0 Å².